The minimum absolute atomic E-state index is 0.0333. The number of carbonyl (C=O) groups is 2. The van der Waals surface area contributed by atoms with E-state index in [-0.39, 0.29) is 28.4 Å². The molecule has 2 aromatic heterocycles. The van der Waals surface area contributed by atoms with Crippen molar-refractivity contribution >= 4 is 34.8 Å². The summed E-state index contributed by atoms with van der Waals surface area (Å²) < 4.78 is 14.7. The summed E-state index contributed by atoms with van der Waals surface area (Å²) in [7, 11) is 0. The smallest absolute Gasteiger partial charge is 0.249 e. The van der Waals surface area contributed by atoms with Gasteiger partial charge in [-0.15, -0.1) is 0 Å². The van der Waals surface area contributed by atoms with E-state index in [0.29, 0.717) is 30.6 Å². The van der Waals surface area contributed by atoms with E-state index in [0.717, 1.165) is 22.4 Å². The van der Waals surface area contributed by atoms with Crippen molar-refractivity contribution in [3.8, 4) is 22.4 Å². The maximum absolute atomic E-state index is 14.7. The molecule has 0 fully saturated rings. The summed E-state index contributed by atoms with van der Waals surface area (Å²) in [6, 6.07) is 14.3. The van der Waals surface area contributed by atoms with Crippen molar-refractivity contribution in [3.63, 3.8) is 0 Å². The minimum Gasteiger partial charge on any atom is -0.346 e. The predicted octanol–water partition coefficient (Wildman–Crippen LogP) is 6.49. The molecular formula is C31H30ClFN8O2. The lowest BCUT2D eigenvalue weighted by molar-refractivity contribution is -0.123. The van der Waals surface area contributed by atoms with Crippen LogP contribution in [0.4, 0.5) is 15.8 Å². The van der Waals surface area contributed by atoms with Gasteiger partial charge in [-0.25, -0.2) is 9.40 Å². The zero-order valence-corrected chi connectivity index (χ0v) is 24.3. The van der Waals surface area contributed by atoms with Gasteiger partial charge >= 0.3 is 0 Å². The van der Waals surface area contributed by atoms with Gasteiger partial charge in [0.1, 0.15) is 0 Å². The first-order valence-corrected chi connectivity index (χ1v) is 14.5. The molecule has 10 nitrogen and oxygen atoms in total. The molecule has 4 heterocycles. The second kappa shape index (κ2) is 11.9. The molecule has 4 aromatic rings. The van der Waals surface area contributed by atoms with Gasteiger partial charge in [0, 0.05) is 35.1 Å². The highest BCUT2D eigenvalue weighted by atomic mass is 35.5. The Hall–Kier alpha value is -4.64. The molecule has 2 bridgehead atoms. The SMILES string of the molecule is CC1CCCC(NC(=O)C2N=NN(c3cccc(Cl)c3F)C2C)c2cc(ccn2)-c2ccc(-c3ccn[nH]3)cc2NC1=O. The molecule has 2 aliphatic rings. The van der Waals surface area contributed by atoms with E-state index in [2.05, 4.69) is 36.2 Å². The van der Waals surface area contributed by atoms with Crippen LogP contribution >= 0.6 is 11.6 Å². The van der Waals surface area contributed by atoms with E-state index in [1.54, 1.807) is 31.5 Å². The maximum atomic E-state index is 14.7. The number of amides is 2. The minimum atomic E-state index is -0.866. The number of H-pyrrole nitrogens is 1. The molecule has 4 unspecified atom stereocenters. The fourth-order valence-corrected chi connectivity index (χ4v) is 5.66. The molecule has 6 rings (SSSR count). The van der Waals surface area contributed by atoms with Crippen molar-refractivity contribution < 1.29 is 14.0 Å². The fraction of sp³-hybridized carbons (Fsp3) is 0.290. The zero-order chi connectivity index (χ0) is 30.1. The van der Waals surface area contributed by atoms with Crippen LogP contribution in [0.2, 0.25) is 5.02 Å². The molecule has 0 saturated carbocycles. The van der Waals surface area contributed by atoms with Crippen LogP contribution in [0.25, 0.3) is 22.4 Å². The quantitative estimate of drug-likeness (QED) is 0.247. The van der Waals surface area contributed by atoms with Gasteiger partial charge in [-0.1, -0.05) is 48.4 Å². The number of carbonyl (C=O) groups excluding carboxylic acids is 2. The number of rotatable bonds is 4. The second-order valence-corrected chi connectivity index (χ2v) is 11.3. The number of fused-ring (bicyclic) bond motifs is 4. The lowest BCUT2D eigenvalue weighted by Gasteiger charge is -2.25. The molecule has 0 aliphatic carbocycles. The molecule has 4 atom stereocenters. The Morgan fingerprint density at radius 1 is 1.07 bits per heavy atom. The molecule has 2 amide bonds. The second-order valence-electron chi connectivity index (χ2n) is 10.9. The summed E-state index contributed by atoms with van der Waals surface area (Å²) in [4.78, 5) is 31.4. The summed E-state index contributed by atoms with van der Waals surface area (Å²) in [5.41, 5.74) is 4.92. The molecule has 3 N–H and O–H groups in total. The number of hydrogen-bond acceptors (Lipinski definition) is 7. The highest BCUT2D eigenvalue weighted by Gasteiger charge is 2.37. The van der Waals surface area contributed by atoms with Gasteiger partial charge in [0.2, 0.25) is 11.8 Å². The average Bonchev–Trinajstić information content (AvgIpc) is 3.68. The number of aromatic nitrogens is 3. The highest BCUT2D eigenvalue weighted by Crippen LogP contribution is 2.35. The molecule has 12 heteroatoms. The van der Waals surface area contributed by atoms with Crippen molar-refractivity contribution in [2.45, 2.75) is 51.2 Å². The summed E-state index contributed by atoms with van der Waals surface area (Å²) in [6.07, 6.45) is 5.24. The summed E-state index contributed by atoms with van der Waals surface area (Å²) >= 11 is 5.97. The fourth-order valence-electron chi connectivity index (χ4n) is 5.49. The van der Waals surface area contributed by atoms with Crippen molar-refractivity contribution in [2.24, 2.45) is 16.3 Å². The molecule has 2 aliphatic heterocycles. The van der Waals surface area contributed by atoms with E-state index in [4.69, 9.17) is 11.6 Å². The van der Waals surface area contributed by atoms with Gasteiger partial charge in [0.15, 0.2) is 11.9 Å². The van der Waals surface area contributed by atoms with Crippen molar-refractivity contribution in [2.75, 3.05) is 10.3 Å². The number of nitrogens with one attached hydrogen (secondary N) is 3. The van der Waals surface area contributed by atoms with Crippen LogP contribution in [0.1, 0.15) is 44.8 Å². The van der Waals surface area contributed by atoms with Crippen LogP contribution in [0, 0.1) is 11.7 Å². The molecule has 0 spiro atoms. The average molecular weight is 601 g/mol. The number of halogens is 2. The van der Waals surface area contributed by atoms with Gasteiger partial charge in [-0.05, 0) is 61.7 Å². The van der Waals surface area contributed by atoms with Crippen LogP contribution in [-0.4, -0.2) is 39.1 Å². The first-order valence-electron chi connectivity index (χ1n) is 14.2. The Morgan fingerprint density at radius 3 is 2.74 bits per heavy atom. The first kappa shape index (κ1) is 28.5. The maximum Gasteiger partial charge on any atom is 0.249 e. The summed E-state index contributed by atoms with van der Waals surface area (Å²) in [5.74, 6) is -1.30. The third-order valence-corrected chi connectivity index (χ3v) is 8.29. The Bertz CT molecular complexity index is 1700. The largest absolute Gasteiger partial charge is 0.346 e. The van der Waals surface area contributed by atoms with E-state index in [1.807, 2.05) is 43.3 Å². The number of anilines is 2. The third-order valence-electron chi connectivity index (χ3n) is 7.99. The normalized spacial score (nSPS) is 21.9. The summed E-state index contributed by atoms with van der Waals surface area (Å²) in [5, 5.41) is 22.9. The summed E-state index contributed by atoms with van der Waals surface area (Å²) in [6.45, 7) is 3.66. The van der Waals surface area contributed by atoms with E-state index < -0.39 is 23.9 Å². The number of nitrogens with zero attached hydrogens (tertiary/aromatic N) is 5. The third kappa shape index (κ3) is 5.72. The first-order chi connectivity index (χ1) is 20.8. The Balaban J connectivity index is 1.29. The topological polar surface area (TPSA) is 128 Å². The van der Waals surface area contributed by atoms with Gasteiger partial charge < -0.3 is 10.6 Å². The molecule has 0 saturated heterocycles. The number of benzene rings is 2. The zero-order valence-electron chi connectivity index (χ0n) is 23.6. The highest BCUT2D eigenvalue weighted by molar-refractivity contribution is 6.31. The van der Waals surface area contributed by atoms with Crippen LogP contribution < -0.4 is 15.6 Å². The van der Waals surface area contributed by atoms with Crippen molar-refractivity contribution in [1.29, 1.82) is 0 Å². The molecular weight excluding hydrogens is 571 g/mol. The predicted molar refractivity (Wildman–Crippen MR) is 162 cm³/mol. The van der Waals surface area contributed by atoms with Crippen LogP contribution in [0.3, 0.4) is 0 Å². The van der Waals surface area contributed by atoms with Crippen LogP contribution in [-0.2, 0) is 9.59 Å². The molecule has 220 valence electrons. The standard InChI is InChI=1S/C31H30ClFN8O2/c1-17-5-3-7-24(36-31(43)29-18(2)41(40-39-29)27-8-4-6-22(32)28(27)33)26-15-19(11-13-34-26)21-10-9-20(23-12-14-35-38-23)16-25(21)37-30(17)42/h4,6,8-18,24,29H,3,5,7H2,1-2H3,(H,35,38)(H,36,43)(H,37,42). The monoisotopic (exact) mass is 600 g/mol. The van der Waals surface area contributed by atoms with Crippen LogP contribution in [0.15, 0.2) is 77.3 Å². The lowest BCUT2D eigenvalue weighted by atomic mass is 9.94. The Labute approximate surface area is 252 Å². The molecule has 2 aromatic carbocycles. The van der Waals surface area contributed by atoms with E-state index in [9.17, 15) is 14.0 Å². The van der Waals surface area contributed by atoms with Gasteiger partial charge in [0.25, 0.3) is 0 Å². The van der Waals surface area contributed by atoms with Crippen LogP contribution in [0.5, 0.6) is 0 Å². The van der Waals surface area contributed by atoms with Crippen molar-refractivity contribution in [3.05, 3.63) is 83.5 Å². The van der Waals surface area contributed by atoms with Gasteiger partial charge in [0.05, 0.1) is 34.2 Å². The van der Waals surface area contributed by atoms with Gasteiger partial charge in [-0.2, -0.15) is 10.2 Å². The van der Waals surface area contributed by atoms with E-state index in [1.165, 1.54) is 11.1 Å². The molecule has 43 heavy (non-hydrogen) atoms. The lowest BCUT2D eigenvalue weighted by Crippen LogP contribution is -2.44. The number of pyridine rings is 1. The number of aromatic amines is 1. The van der Waals surface area contributed by atoms with Gasteiger partial charge in [-0.3, -0.25) is 19.7 Å². The van der Waals surface area contributed by atoms with E-state index >= 15 is 0 Å². The Morgan fingerprint density at radius 2 is 1.93 bits per heavy atom. The van der Waals surface area contributed by atoms with Crippen molar-refractivity contribution in [1.82, 2.24) is 20.5 Å². The Kier molecular flexibility index (Phi) is 7.90. The molecule has 0 radical (unpaired) electrons. The number of hydrogen-bond donors (Lipinski definition) is 3.